The average molecular weight is 439 g/mol. The van der Waals surface area contributed by atoms with E-state index >= 15 is 0 Å². The summed E-state index contributed by atoms with van der Waals surface area (Å²) in [5, 5.41) is 3.94. The third kappa shape index (κ3) is 5.42. The standard InChI is InChI=1S/C20H27FN4O4S/c1-14(2)20-22-19(23-29-20)8-10-25(15(3)26)18-7-9-24(12-18)30(27,28)13-16-5-4-6-17(21)11-16/h4-6,11,14,18H,7-10,12-13H2,1-3H3/t18-/m0/s1. The van der Waals surface area contributed by atoms with Crippen LogP contribution >= 0.6 is 0 Å². The van der Waals surface area contributed by atoms with Gasteiger partial charge in [-0.1, -0.05) is 31.1 Å². The fourth-order valence-corrected chi connectivity index (χ4v) is 5.13. The third-order valence-electron chi connectivity index (χ3n) is 5.16. The van der Waals surface area contributed by atoms with Gasteiger partial charge in [0.1, 0.15) is 5.82 Å². The highest BCUT2D eigenvalue weighted by Gasteiger charge is 2.35. The lowest BCUT2D eigenvalue weighted by molar-refractivity contribution is -0.130. The van der Waals surface area contributed by atoms with Crippen molar-refractivity contribution >= 4 is 15.9 Å². The smallest absolute Gasteiger partial charge is 0.229 e. The van der Waals surface area contributed by atoms with E-state index in [0.29, 0.717) is 43.2 Å². The zero-order valence-electron chi connectivity index (χ0n) is 17.4. The monoisotopic (exact) mass is 438 g/mol. The van der Waals surface area contributed by atoms with E-state index in [4.69, 9.17) is 4.52 Å². The Labute approximate surface area is 176 Å². The first-order valence-electron chi connectivity index (χ1n) is 9.97. The van der Waals surface area contributed by atoms with Gasteiger partial charge in [-0.25, -0.2) is 12.8 Å². The van der Waals surface area contributed by atoms with E-state index in [0.717, 1.165) is 0 Å². The summed E-state index contributed by atoms with van der Waals surface area (Å²) in [6.45, 7) is 6.31. The highest BCUT2D eigenvalue weighted by molar-refractivity contribution is 7.88. The average Bonchev–Trinajstić information content (AvgIpc) is 3.31. The van der Waals surface area contributed by atoms with Crippen molar-refractivity contribution in [1.29, 1.82) is 0 Å². The molecule has 164 valence electrons. The van der Waals surface area contributed by atoms with Gasteiger partial charge in [0.05, 0.1) is 5.75 Å². The van der Waals surface area contributed by atoms with Crippen molar-refractivity contribution in [2.75, 3.05) is 19.6 Å². The molecule has 10 heteroatoms. The number of amides is 1. The van der Waals surface area contributed by atoms with Crippen LogP contribution in [0.5, 0.6) is 0 Å². The van der Waals surface area contributed by atoms with E-state index in [1.807, 2.05) is 13.8 Å². The topological polar surface area (TPSA) is 96.6 Å². The van der Waals surface area contributed by atoms with Gasteiger partial charge in [0.25, 0.3) is 0 Å². The number of aromatic nitrogens is 2. The minimum atomic E-state index is -3.61. The predicted molar refractivity (Wildman–Crippen MR) is 108 cm³/mol. The molecule has 1 aliphatic heterocycles. The van der Waals surface area contributed by atoms with Gasteiger partial charge in [0.2, 0.25) is 21.8 Å². The minimum absolute atomic E-state index is 0.127. The molecule has 0 bridgehead atoms. The van der Waals surface area contributed by atoms with Crippen molar-refractivity contribution in [2.24, 2.45) is 0 Å². The zero-order valence-corrected chi connectivity index (χ0v) is 18.2. The first kappa shape index (κ1) is 22.4. The Balaban J connectivity index is 1.62. The second kappa shape index (κ2) is 9.22. The number of nitrogens with zero attached hydrogens (tertiary/aromatic N) is 4. The highest BCUT2D eigenvalue weighted by atomic mass is 32.2. The molecule has 1 aromatic heterocycles. The van der Waals surface area contributed by atoms with Crippen LogP contribution in [0.25, 0.3) is 0 Å². The summed E-state index contributed by atoms with van der Waals surface area (Å²) in [5.41, 5.74) is 0.403. The maximum atomic E-state index is 13.4. The maximum Gasteiger partial charge on any atom is 0.229 e. The largest absolute Gasteiger partial charge is 0.339 e. The van der Waals surface area contributed by atoms with Crippen molar-refractivity contribution in [2.45, 2.75) is 51.3 Å². The van der Waals surface area contributed by atoms with Crippen LogP contribution in [0.3, 0.4) is 0 Å². The lowest BCUT2D eigenvalue weighted by atomic mass is 10.2. The number of halogens is 1. The molecule has 0 saturated carbocycles. The highest BCUT2D eigenvalue weighted by Crippen LogP contribution is 2.22. The van der Waals surface area contributed by atoms with E-state index in [9.17, 15) is 17.6 Å². The van der Waals surface area contributed by atoms with Gasteiger partial charge in [-0.3, -0.25) is 4.79 Å². The SMILES string of the molecule is CC(=O)N(CCc1noc(C(C)C)n1)[C@H]1CCN(S(=O)(=O)Cc2cccc(F)c2)C1. The van der Waals surface area contributed by atoms with Gasteiger partial charge in [-0.2, -0.15) is 9.29 Å². The molecule has 1 aromatic carbocycles. The molecule has 3 rings (SSSR count). The van der Waals surface area contributed by atoms with Crippen LogP contribution in [0.2, 0.25) is 0 Å². The van der Waals surface area contributed by atoms with Crippen LogP contribution < -0.4 is 0 Å². The van der Waals surface area contributed by atoms with E-state index < -0.39 is 15.8 Å². The number of rotatable bonds is 8. The fourth-order valence-electron chi connectivity index (χ4n) is 3.57. The van der Waals surface area contributed by atoms with Crippen LogP contribution in [0.4, 0.5) is 4.39 Å². The molecule has 0 unspecified atom stereocenters. The van der Waals surface area contributed by atoms with Crippen LogP contribution in [0.15, 0.2) is 28.8 Å². The molecule has 0 aliphatic carbocycles. The second-order valence-corrected chi connectivity index (χ2v) is 9.82. The van der Waals surface area contributed by atoms with Crippen molar-refractivity contribution in [1.82, 2.24) is 19.3 Å². The quantitative estimate of drug-likeness (QED) is 0.628. The van der Waals surface area contributed by atoms with Gasteiger partial charge in [-0.05, 0) is 24.1 Å². The van der Waals surface area contributed by atoms with Crippen LogP contribution in [0.1, 0.15) is 50.4 Å². The summed E-state index contributed by atoms with van der Waals surface area (Å²) < 4.78 is 45.5. The summed E-state index contributed by atoms with van der Waals surface area (Å²) in [6.07, 6.45) is 0.980. The Morgan fingerprint density at radius 1 is 1.40 bits per heavy atom. The molecular weight excluding hydrogens is 411 g/mol. The van der Waals surface area contributed by atoms with Gasteiger partial charge in [0, 0.05) is 44.9 Å². The minimum Gasteiger partial charge on any atom is -0.339 e. The van der Waals surface area contributed by atoms with Crippen molar-refractivity contribution < 1.29 is 22.1 Å². The van der Waals surface area contributed by atoms with E-state index in [1.54, 1.807) is 11.0 Å². The van der Waals surface area contributed by atoms with Gasteiger partial charge in [0.15, 0.2) is 5.82 Å². The number of benzene rings is 1. The molecule has 1 fully saturated rings. The number of carbonyl (C=O) groups excluding carboxylic acids is 1. The van der Waals surface area contributed by atoms with Crippen molar-refractivity contribution in [3.8, 4) is 0 Å². The number of hydrogen-bond donors (Lipinski definition) is 0. The van der Waals surface area contributed by atoms with Crippen LogP contribution in [0, 0.1) is 5.82 Å². The molecule has 1 atom stereocenters. The molecule has 0 radical (unpaired) electrons. The summed E-state index contributed by atoms with van der Waals surface area (Å²) in [5.74, 6) is 0.345. The summed E-state index contributed by atoms with van der Waals surface area (Å²) in [6, 6.07) is 5.37. The Kier molecular flexibility index (Phi) is 6.87. The molecule has 0 N–H and O–H groups in total. The molecule has 2 aromatic rings. The molecule has 1 amide bonds. The molecule has 2 heterocycles. The number of carbonyl (C=O) groups is 1. The zero-order chi connectivity index (χ0) is 21.9. The molecule has 1 saturated heterocycles. The Morgan fingerprint density at radius 2 is 2.17 bits per heavy atom. The van der Waals surface area contributed by atoms with Gasteiger partial charge >= 0.3 is 0 Å². The summed E-state index contributed by atoms with van der Waals surface area (Å²) in [7, 11) is -3.61. The first-order valence-corrected chi connectivity index (χ1v) is 11.6. The lowest BCUT2D eigenvalue weighted by Crippen LogP contribution is -2.43. The number of hydrogen-bond acceptors (Lipinski definition) is 6. The van der Waals surface area contributed by atoms with Gasteiger partial charge in [-0.15, -0.1) is 0 Å². The molecule has 8 nitrogen and oxygen atoms in total. The molecule has 30 heavy (non-hydrogen) atoms. The van der Waals surface area contributed by atoms with Crippen LogP contribution in [-0.2, 0) is 27.0 Å². The Bertz CT molecular complexity index is 992. The second-order valence-electron chi connectivity index (χ2n) is 7.85. The summed E-state index contributed by atoms with van der Waals surface area (Å²) >= 11 is 0. The summed E-state index contributed by atoms with van der Waals surface area (Å²) in [4.78, 5) is 18.2. The number of sulfonamides is 1. The molecule has 1 aliphatic rings. The Hall–Kier alpha value is -2.33. The maximum absolute atomic E-state index is 13.4. The lowest BCUT2D eigenvalue weighted by Gasteiger charge is -2.27. The van der Waals surface area contributed by atoms with Crippen LogP contribution in [-0.4, -0.2) is 59.3 Å². The van der Waals surface area contributed by atoms with Crippen molar-refractivity contribution in [3.05, 3.63) is 47.4 Å². The van der Waals surface area contributed by atoms with E-state index in [2.05, 4.69) is 10.1 Å². The Morgan fingerprint density at radius 3 is 2.80 bits per heavy atom. The third-order valence-corrected chi connectivity index (χ3v) is 6.97. The molecular formula is C20H27FN4O4S. The van der Waals surface area contributed by atoms with E-state index in [1.165, 1.54) is 29.4 Å². The van der Waals surface area contributed by atoms with Gasteiger partial charge < -0.3 is 9.42 Å². The first-order chi connectivity index (χ1) is 14.2. The van der Waals surface area contributed by atoms with Crippen molar-refractivity contribution in [3.63, 3.8) is 0 Å². The predicted octanol–water partition coefficient (Wildman–Crippen LogP) is 2.33. The fraction of sp³-hybridized carbons (Fsp3) is 0.550. The van der Waals surface area contributed by atoms with E-state index in [-0.39, 0.29) is 30.2 Å². The molecule has 0 spiro atoms. The normalized spacial score (nSPS) is 17.6.